The Balaban J connectivity index is 2.01. The molecule has 0 saturated carbocycles. The fraction of sp³-hybridized carbons (Fsp3) is 0.0476. The van der Waals surface area contributed by atoms with Crippen LogP contribution in [-0.2, 0) is 10.0 Å². The number of hydrogen-bond acceptors (Lipinski definition) is 2. The van der Waals surface area contributed by atoms with Gasteiger partial charge in [0.25, 0.3) is 10.0 Å². The van der Waals surface area contributed by atoms with Crippen LogP contribution in [0.2, 0.25) is 0 Å². The maximum absolute atomic E-state index is 13.8. The van der Waals surface area contributed by atoms with Crippen molar-refractivity contribution >= 4 is 21.3 Å². The summed E-state index contributed by atoms with van der Waals surface area (Å²) in [6.07, 6.45) is 0. The first kappa shape index (κ1) is 17.9. The third-order valence-electron chi connectivity index (χ3n) is 4.00. The summed E-state index contributed by atoms with van der Waals surface area (Å²) in [7, 11) is -3.79. The van der Waals surface area contributed by atoms with E-state index in [1.54, 1.807) is 12.1 Å². The molecular formula is C21H18FNO2S. The van der Waals surface area contributed by atoms with Crippen LogP contribution < -0.4 is 4.72 Å². The van der Waals surface area contributed by atoms with E-state index in [9.17, 15) is 12.8 Å². The van der Waals surface area contributed by atoms with Crippen molar-refractivity contribution in [2.45, 2.75) is 11.8 Å². The first-order valence-electron chi connectivity index (χ1n) is 8.00. The molecule has 3 aromatic carbocycles. The third-order valence-corrected chi connectivity index (χ3v) is 5.39. The van der Waals surface area contributed by atoms with Crippen LogP contribution in [0.5, 0.6) is 0 Å². The smallest absolute Gasteiger partial charge is 0.261 e. The van der Waals surface area contributed by atoms with Crippen LogP contribution >= 0.6 is 0 Å². The Morgan fingerprint density at radius 1 is 0.962 bits per heavy atom. The molecule has 0 fully saturated rings. The predicted molar refractivity (Wildman–Crippen MR) is 103 cm³/mol. The second kappa shape index (κ2) is 7.14. The number of aryl methyl sites for hydroxylation is 1. The van der Waals surface area contributed by atoms with Crippen molar-refractivity contribution < 1.29 is 12.8 Å². The predicted octanol–water partition coefficient (Wildman–Crippen LogP) is 5.00. The molecular weight excluding hydrogens is 349 g/mol. The Morgan fingerprint density at radius 3 is 2.27 bits per heavy atom. The molecule has 0 heterocycles. The molecule has 0 aliphatic heterocycles. The van der Waals surface area contributed by atoms with Crippen LogP contribution in [0, 0.1) is 12.7 Å². The van der Waals surface area contributed by atoms with Gasteiger partial charge in [0.1, 0.15) is 5.82 Å². The fourth-order valence-electron chi connectivity index (χ4n) is 2.57. The Hall–Kier alpha value is -2.92. The van der Waals surface area contributed by atoms with Gasteiger partial charge in [-0.05, 0) is 48.4 Å². The van der Waals surface area contributed by atoms with Gasteiger partial charge < -0.3 is 0 Å². The molecule has 3 rings (SSSR count). The molecule has 0 bridgehead atoms. The maximum Gasteiger partial charge on any atom is 0.261 e. The van der Waals surface area contributed by atoms with E-state index in [2.05, 4.69) is 11.3 Å². The van der Waals surface area contributed by atoms with E-state index in [-0.39, 0.29) is 10.6 Å². The van der Waals surface area contributed by atoms with Gasteiger partial charge in [0.05, 0.1) is 10.6 Å². The highest BCUT2D eigenvalue weighted by Crippen LogP contribution is 2.30. The first-order valence-corrected chi connectivity index (χ1v) is 9.49. The average Bonchev–Trinajstić information content (AvgIpc) is 2.63. The molecule has 0 atom stereocenters. The Morgan fingerprint density at radius 2 is 1.62 bits per heavy atom. The van der Waals surface area contributed by atoms with Gasteiger partial charge in [-0.1, -0.05) is 54.6 Å². The summed E-state index contributed by atoms with van der Waals surface area (Å²) in [4.78, 5) is 0.142. The summed E-state index contributed by atoms with van der Waals surface area (Å²) in [5, 5.41) is 0. The van der Waals surface area contributed by atoms with Crippen LogP contribution in [-0.4, -0.2) is 8.42 Å². The highest BCUT2D eigenvalue weighted by Gasteiger charge is 2.18. The Kier molecular flexibility index (Phi) is 4.91. The summed E-state index contributed by atoms with van der Waals surface area (Å²) in [6.45, 7) is 5.89. The van der Waals surface area contributed by atoms with Crippen molar-refractivity contribution in [3.8, 4) is 0 Å². The van der Waals surface area contributed by atoms with Crippen LogP contribution in [0.25, 0.3) is 5.57 Å². The van der Waals surface area contributed by atoms with Crippen LogP contribution in [0.4, 0.5) is 10.1 Å². The lowest BCUT2D eigenvalue weighted by molar-refractivity contribution is 0.601. The summed E-state index contributed by atoms with van der Waals surface area (Å²) in [6, 6.07) is 19.7. The number of anilines is 1. The molecule has 0 spiro atoms. The minimum absolute atomic E-state index is 0.142. The second-order valence-corrected chi connectivity index (χ2v) is 7.64. The van der Waals surface area contributed by atoms with Crippen LogP contribution in [0.1, 0.15) is 16.7 Å². The molecule has 0 unspecified atom stereocenters. The molecule has 3 nitrogen and oxygen atoms in total. The summed E-state index contributed by atoms with van der Waals surface area (Å²) < 4.78 is 41.7. The average molecular weight is 367 g/mol. The van der Waals surface area contributed by atoms with Gasteiger partial charge in [0.15, 0.2) is 0 Å². The minimum atomic E-state index is -3.79. The lowest BCUT2D eigenvalue weighted by atomic mass is 9.98. The van der Waals surface area contributed by atoms with Crippen molar-refractivity contribution in [1.29, 1.82) is 0 Å². The number of hydrogen-bond donors (Lipinski definition) is 1. The zero-order valence-electron chi connectivity index (χ0n) is 14.2. The third kappa shape index (κ3) is 3.83. The molecule has 3 aromatic rings. The van der Waals surface area contributed by atoms with Crippen molar-refractivity contribution in [2.24, 2.45) is 0 Å². The van der Waals surface area contributed by atoms with Gasteiger partial charge in [0.2, 0.25) is 0 Å². The summed E-state index contributed by atoms with van der Waals surface area (Å²) >= 11 is 0. The number of halogens is 1. The van der Waals surface area contributed by atoms with Crippen molar-refractivity contribution in [3.63, 3.8) is 0 Å². The van der Waals surface area contributed by atoms with Crippen LogP contribution in [0.15, 0.2) is 84.3 Å². The fourth-order valence-corrected chi connectivity index (χ4v) is 3.65. The first-order chi connectivity index (χ1) is 12.4. The van der Waals surface area contributed by atoms with Crippen molar-refractivity contribution in [2.75, 3.05) is 4.72 Å². The number of rotatable bonds is 5. The highest BCUT2D eigenvalue weighted by molar-refractivity contribution is 7.92. The van der Waals surface area contributed by atoms with Gasteiger partial charge in [-0.25, -0.2) is 12.8 Å². The topological polar surface area (TPSA) is 46.2 Å². The van der Waals surface area contributed by atoms with E-state index >= 15 is 0 Å². The molecule has 0 amide bonds. The van der Waals surface area contributed by atoms with Gasteiger partial charge in [-0.3, -0.25) is 4.72 Å². The standard InChI is InChI=1S/C21H18FNO2S/c1-15-8-11-19(12-9-15)26(24,25)23-21-13-10-18(22)14-20(21)16(2)17-6-4-3-5-7-17/h3-14,23H,2H2,1H3. The van der Waals surface area contributed by atoms with Gasteiger partial charge >= 0.3 is 0 Å². The summed E-state index contributed by atoms with van der Waals surface area (Å²) in [5.41, 5.74) is 2.96. The number of benzene rings is 3. The molecule has 26 heavy (non-hydrogen) atoms. The Bertz CT molecular complexity index is 1040. The van der Waals surface area contributed by atoms with Gasteiger partial charge in [-0.2, -0.15) is 0 Å². The normalized spacial score (nSPS) is 11.2. The van der Waals surface area contributed by atoms with E-state index in [1.165, 1.54) is 30.3 Å². The number of sulfonamides is 1. The zero-order chi connectivity index (χ0) is 18.7. The van der Waals surface area contributed by atoms with Crippen LogP contribution in [0.3, 0.4) is 0 Å². The van der Waals surface area contributed by atoms with E-state index in [0.717, 1.165) is 11.1 Å². The quantitative estimate of drug-likeness (QED) is 0.690. The minimum Gasteiger partial charge on any atom is -0.279 e. The molecule has 0 radical (unpaired) electrons. The molecule has 0 aliphatic rings. The van der Waals surface area contributed by atoms with Crippen molar-refractivity contribution in [3.05, 3.63) is 102 Å². The van der Waals surface area contributed by atoms with E-state index < -0.39 is 15.8 Å². The zero-order valence-corrected chi connectivity index (χ0v) is 15.1. The number of nitrogens with one attached hydrogen (secondary N) is 1. The second-order valence-electron chi connectivity index (χ2n) is 5.95. The van der Waals surface area contributed by atoms with Crippen molar-refractivity contribution in [1.82, 2.24) is 0 Å². The van der Waals surface area contributed by atoms with Gasteiger partial charge in [-0.15, -0.1) is 0 Å². The molecule has 1 N–H and O–H groups in total. The summed E-state index contributed by atoms with van der Waals surface area (Å²) in [5.74, 6) is -0.463. The molecule has 132 valence electrons. The molecule has 0 saturated heterocycles. The maximum atomic E-state index is 13.8. The Labute approximate surface area is 152 Å². The monoisotopic (exact) mass is 367 g/mol. The largest absolute Gasteiger partial charge is 0.279 e. The lowest BCUT2D eigenvalue weighted by Crippen LogP contribution is -2.14. The molecule has 0 aromatic heterocycles. The molecule has 0 aliphatic carbocycles. The van der Waals surface area contributed by atoms with E-state index in [1.807, 2.05) is 37.3 Å². The SMILES string of the molecule is C=C(c1ccccc1)c1cc(F)ccc1NS(=O)(=O)c1ccc(C)cc1. The molecule has 5 heteroatoms. The highest BCUT2D eigenvalue weighted by atomic mass is 32.2. The van der Waals surface area contributed by atoms with Gasteiger partial charge in [0, 0.05) is 5.56 Å². The van der Waals surface area contributed by atoms with E-state index in [0.29, 0.717) is 11.1 Å². The van der Waals surface area contributed by atoms with E-state index in [4.69, 9.17) is 0 Å². The lowest BCUT2D eigenvalue weighted by Gasteiger charge is -2.15.